The van der Waals surface area contributed by atoms with Crippen LogP contribution in [0.1, 0.15) is 11.1 Å². The smallest absolute Gasteiger partial charge is 0.124 e. The molecule has 1 aliphatic rings. The minimum Gasteiger partial charge on any atom is -0.497 e. The van der Waals surface area contributed by atoms with Gasteiger partial charge in [-0.25, -0.2) is 4.72 Å². The van der Waals surface area contributed by atoms with Gasteiger partial charge in [-0.15, -0.1) is 0 Å². The third-order valence-corrected chi connectivity index (χ3v) is 4.35. The average Bonchev–Trinajstić information content (AvgIpc) is 3.05. The normalized spacial score (nSPS) is 21.2. The SMILES string of the molecule is COc1cccc(C2(c3ccccc3OC)COSN2)c1. The van der Waals surface area contributed by atoms with Crippen molar-refractivity contribution >= 4 is 12.2 Å². The van der Waals surface area contributed by atoms with Crippen molar-refractivity contribution in [3.05, 3.63) is 59.7 Å². The summed E-state index contributed by atoms with van der Waals surface area (Å²) in [6.07, 6.45) is 0. The number of nitrogens with one attached hydrogen (secondary N) is 1. The van der Waals surface area contributed by atoms with Crippen LogP contribution in [0.4, 0.5) is 0 Å². The fraction of sp³-hybridized carbons (Fsp3) is 0.250. The minimum absolute atomic E-state index is 0.453. The molecule has 0 aliphatic carbocycles. The Morgan fingerprint density at radius 1 is 1.10 bits per heavy atom. The predicted octanol–water partition coefficient (Wildman–Crippen LogP) is 3.13. The van der Waals surface area contributed by atoms with Gasteiger partial charge in [0.05, 0.1) is 33.1 Å². The van der Waals surface area contributed by atoms with Crippen LogP contribution in [0, 0.1) is 0 Å². The highest BCUT2D eigenvalue weighted by Gasteiger charge is 2.41. The molecule has 1 heterocycles. The molecule has 1 saturated heterocycles. The van der Waals surface area contributed by atoms with Crippen LogP contribution in [0.3, 0.4) is 0 Å². The molecule has 1 N–H and O–H groups in total. The van der Waals surface area contributed by atoms with Crippen molar-refractivity contribution in [3.63, 3.8) is 0 Å². The van der Waals surface area contributed by atoms with E-state index in [0.717, 1.165) is 22.6 Å². The molecule has 110 valence electrons. The molecule has 4 nitrogen and oxygen atoms in total. The van der Waals surface area contributed by atoms with E-state index in [9.17, 15) is 0 Å². The van der Waals surface area contributed by atoms with Crippen molar-refractivity contribution < 1.29 is 13.7 Å². The molecule has 0 bridgehead atoms. The standard InChI is InChI=1S/C16H17NO3S/c1-18-13-7-5-6-12(10-13)16(11-20-21-17-16)14-8-3-4-9-15(14)19-2/h3-10,17H,11H2,1-2H3. The Hall–Kier alpha value is -1.69. The van der Waals surface area contributed by atoms with E-state index >= 15 is 0 Å². The lowest BCUT2D eigenvalue weighted by molar-refractivity contribution is 0.307. The van der Waals surface area contributed by atoms with Crippen LogP contribution in [0.25, 0.3) is 0 Å². The summed E-state index contributed by atoms with van der Waals surface area (Å²) in [4.78, 5) is 0. The Labute approximate surface area is 128 Å². The molecule has 0 amide bonds. The first-order valence-electron chi connectivity index (χ1n) is 6.64. The van der Waals surface area contributed by atoms with Gasteiger partial charge < -0.3 is 9.47 Å². The van der Waals surface area contributed by atoms with Crippen LogP contribution in [-0.4, -0.2) is 20.8 Å². The largest absolute Gasteiger partial charge is 0.497 e. The molecule has 1 unspecified atom stereocenters. The molecule has 0 aromatic heterocycles. The van der Waals surface area contributed by atoms with Crippen molar-refractivity contribution in [2.75, 3.05) is 20.8 Å². The van der Waals surface area contributed by atoms with Gasteiger partial charge in [0.2, 0.25) is 0 Å². The van der Waals surface area contributed by atoms with E-state index in [4.69, 9.17) is 13.7 Å². The summed E-state index contributed by atoms with van der Waals surface area (Å²) in [6.45, 7) is 0.519. The first-order chi connectivity index (χ1) is 10.3. The summed E-state index contributed by atoms with van der Waals surface area (Å²) in [5, 5.41) is 0. The summed E-state index contributed by atoms with van der Waals surface area (Å²) >= 11 is 1.26. The third-order valence-electron chi connectivity index (χ3n) is 3.68. The number of benzene rings is 2. The maximum absolute atomic E-state index is 5.55. The Kier molecular flexibility index (Phi) is 4.05. The second kappa shape index (κ2) is 5.97. The average molecular weight is 303 g/mol. The summed E-state index contributed by atoms with van der Waals surface area (Å²) < 4.78 is 19.8. The first-order valence-corrected chi connectivity index (χ1v) is 7.38. The Bertz CT molecular complexity index is 626. The number of hydrogen-bond donors (Lipinski definition) is 1. The van der Waals surface area contributed by atoms with Gasteiger partial charge in [-0.3, -0.25) is 4.18 Å². The van der Waals surface area contributed by atoms with Crippen molar-refractivity contribution in [3.8, 4) is 11.5 Å². The molecule has 1 aliphatic heterocycles. The summed E-state index contributed by atoms with van der Waals surface area (Å²) in [5.41, 5.74) is 1.67. The molecule has 1 fully saturated rings. The number of hydrogen-bond acceptors (Lipinski definition) is 5. The fourth-order valence-electron chi connectivity index (χ4n) is 2.56. The monoisotopic (exact) mass is 303 g/mol. The number of para-hydroxylation sites is 1. The summed E-state index contributed by atoms with van der Waals surface area (Å²) in [5.74, 6) is 1.65. The maximum atomic E-state index is 5.55. The highest BCUT2D eigenvalue weighted by molar-refractivity contribution is 7.92. The molecular weight excluding hydrogens is 286 g/mol. The van der Waals surface area contributed by atoms with E-state index in [-0.39, 0.29) is 0 Å². The van der Waals surface area contributed by atoms with Gasteiger partial charge in [-0.2, -0.15) is 0 Å². The van der Waals surface area contributed by atoms with Crippen molar-refractivity contribution in [2.24, 2.45) is 0 Å². The van der Waals surface area contributed by atoms with E-state index < -0.39 is 5.54 Å². The Balaban J connectivity index is 2.15. The van der Waals surface area contributed by atoms with Crippen molar-refractivity contribution in [1.29, 1.82) is 0 Å². The number of rotatable bonds is 4. The molecular formula is C16H17NO3S. The van der Waals surface area contributed by atoms with Gasteiger partial charge in [0.15, 0.2) is 0 Å². The second-order valence-electron chi connectivity index (χ2n) is 4.79. The van der Waals surface area contributed by atoms with Crippen molar-refractivity contribution in [2.45, 2.75) is 5.54 Å². The van der Waals surface area contributed by atoms with Crippen molar-refractivity contribution in [1.82, 2.24) is 4.72 Å². The lowest BCUT2D eigenvalue weighted by atomic mass is 9.84. The minimum atomic E-state index is -0.453. The summed E-state index contributed by atoms with van der Waals surface area (Å²) in [6, 6.07) is 16.0. The predicted molar refractivity (Wildman–Crippen MR) is 83.4 cm³/mol. The zero-order valence-electron chi connectivity index (χ0n) is 12.0. The second-order valence-corrected chi connectivity index (χ2v) is 5.39. The first kappa shape index (κ1) is 14.3. The van der Waals surface area contributed by atoms with Crippen LogP contribution in [0.2, 0.25) is 0 Å². The molecule has 0 radical (unpaired) electrons. The maximum Gasteiger partial charge on any atom is 0.124 e. The summed E-state index contributed by atoms with van der Waals surface area (Å²) in [7, 11) is 3.35. The third kappa shape index (κ3) is 2.48. The van der Waals surface area contributed by atoms with E-state index in [0.29, 0.717) is 6.61 Å². The fourth-order valence-corrected chi connectivity index (χ4v) is 3.29. The van der Waals surface area contributed by atoms with Gasteiger partial charge in [0, 0.05) is 5.56 Å². The van der Waals surface area contributed by atoms with Crippen LogP contribution in [0.5, 0.6) is 11.5 Å². The molecule has 21 heavy (non-hydrogen) atoms. The van der Waals surface area contributed by atoms with E-state index in [1.165, 1.54) is 12.2 Å². The van der Waals surface area contributed by atoms with Crippen LogP contribution in [-0.2, 0) is 9.72 Å². The molecule has 0 spiro atoms. The highest BCUT2D eigenvalue weighted by atomic mass is 32.2. The van der Waals surface area contributed by atoms with Crippen LogP contribution >= 0.6 is 12.2 Å². The van der Waals surface area contributed by atoms with Gasteiger partial charge >= 0.3 is 0 Å². The van der Waals surface area contributed by atoms with Crippen LogP contribution in [0.15, 0.2) is 48.5 Å². The molecule has 1 atom stereocenters. The number of ether oxygens (including phenoxy) is 2. The van der Waals surface area contributed by atoms with Crippen LogP contribution < -0.4 is 14.2 Å². The Morgan fingerprint density at radius 2 is 1.95 bits per heavy atom. The lowest BCUT2D eigenvalue weighted by Crippen LogP contribution is -2.38. The Morgan fingerprint density at radius 3 is 2.67 bits per heavy atom. The molecule has 2 aromatic carbocycles. The van der Waals surface area contributed by atoms with Gasteiger partial charge in [-0.1, -0.05) is 30.3 Å². The molecule has 3 rings (SSSR count). The highest BCUT2D eigenvalue weighted by Crippen LogP contribution is 2.42. The number of methoxy groups -OCH3 is 2. The van der Waals surface area contributed by atoms with Gasteiger partial charge in [0.1, 0.15) is 17.0 Å². The van der Waals surface area contributed by atoms with E-state index in [1.54, 1.807) is 14.2 Å². The molecule has 5 heteroatoms. The molecule has 0 saturated carbocycles. The zero-order chi connectivity index (χ0) is 14.7. The van der Waals surface area contributed by atoms with Gasteiger partial charge in [0.25, 0.3) is 0 Å². The van der Waals surface area contributed by atoms with Gasteiger partial charge in [-0.05, 0) is 23.8 Å². The quantitative estimate of drug-likeness (QED) is 0.694. The van der Waals surface area contributed by atoms with E-state index in [1.807, 2.05) is 36.4 Å². The lowest BCUT2D eigenvalue weighted by Gasteiger charge is -2.29. The zero-order valence-corrected chi connectivity index (χ0v) is 12.8. The van der Waals surface area contributed by atoms with E-state index in [2.05, 4.69) is 16.9 Å². The molecule has 2 aromatic rings. The topological polar surface area (TPSA) is 39.7 Å².